The van der Waals surface area contributed by atoms with Crippen LogP contribution in [0.25, 0.3) is 10.9 Å². The molecule has 1 aromatic carbocycles. The van der Waals surface area contributed by atoms with Crippen LogP contribution in [0.15, 0.2) is 24.3 Å². The van der Waals surface area contributed by atoms with Crippen LogP contribution in [0.2, 0.25) is 0 Å². The van der Waals surface area contributed by atoms with Gasteiger partial charge in [-0.1, -0.05) is 31.5 Å². The SMILES string of the molecule is CCCCNC(=O)CN1CCN(C(=O)Cc2c(C)[nH]c3ccccc23)CC1. The van der Waals surface area contributed by atoms with Crippen LogP contribution in [0.5, 0.6) is 0 Å². The molecule has 1 fully saturated rings. The van der Waals surface area contributed by atoms with E-state index in [-0.39, 0.29) is 11.8 Å². The number of para-hydroxylation sites is 1. The molecule has 27 heavy (non-hydrogen) atoms. The zero-order valence-electron chi connectivity index (χ0n) is 16.4. The van der Waals surface area contributed by atoms with Gasteiger partial charge in [-0.25, -0.2) is 0 Å². The molecule has 1 aliphatic heterocycles. The first-order valence-electron chi connectivity index (χ1n) is 9.91. The molecule has 3 rings (SSSR count). The second-order valence-corrected chi connectivity index (χ2v) is 7.31. The monoisotopic (exact) mass is 370 g/mol. The Morgan fingerprint density at radius 3 is 2.63 bits per heavy atom. The minimum atomic E-state index is 0.0812. The van der Waals surface area contributed by atoms with E-state index in [2.05, 4.69) is 28.2 Å². The Balaban J connectivity index is 1.50. The van der Waals surface area contributed by atoms with E-state index < -0.39 is 0 Å². The number of nitrogens with zero attached hydrogens (tertiary/aromatic N) is 2. The van der Waals surface area contributed by atoms with Gasteiger partial charge in [-0.2, -0.15) is 0 Å². The Hall–Kier alpha value is -2.34. The predicted octanol–water partition coefficient (Wildman–Crippen LogP) is 2.08. The topological polar surface area (TPSA) is 68.4 Å². The average Bonchev–Trinajstić information content (AvgIpc) is 2.98. The molecular formula is C21H30N4O2. The number of aromatic amines is 1. The van der Waals surface area contributed by atoms with Gasteiger partial charge >= 0.3 is 0 Å². The molecule has 6 nitrogen and oxygen atoms in total. The summed E-state index contributed by atoms with van der Waals surface area (Å²) in [4.78, 5) is 32.1. The summed E-state index contributed by atoms with van der Waals surface area (Å²) in [5.41, 5.74) is 3.23. The van der Waals surface area contributed by atoms with Crippen molar-refractivity contribution in [1.29, 1.82) is 0 Å². The number of aromatic nitrogens is 1. The van der Waals surface area contributed by atoms with E-state index in [1.807, 2.05) is 30.0 Å². The number of rotatable bonds is 7. The Kier molecular flexibility index (Phi) is 6.50. The number of amides is 2. The lowest BCUT2D eigenvalue weighted by Crippen LogP contribution is -2.51. The molecule has 2 heterocycles. The van der Waals surface area contributed by atoms with Crippen LogP contribution in [0.1, 0.15) is 31.0 Å². The highest BCUT2D eigenvalue weighted by atomic mass is 16.2. The quantitative estimate of drug-likeness (QED) is 0.733. The molecular weight excluding hydrogens is 340 g/mol. The number of hydrogen-bond acceptors (Lipinski definition) is 3. The first kappa shape index (κ1) is 19.4. The number of nitrogens with one attached hydrogen (secondary N) is 2. The summed E-state index contributed by atoms with van der Waals surface area (Å²) in [6.45, 7) is 8.17. The van der Waals surface area contributed by atoms with Gasteiger partial charge < -0.3 is 15.2 Å². The number of fused-ring (bicyclic) bond motifs is 1. The number of hydrogen-bond donors (Lipinski definition) is 2. The Labute approximate surface area is 160 Å². The van der Waals surface area contributed by atoms with Crippen LogP contribution in [-0.2, 0) is 16.0 Å². The van der Waals surface area contributed by atoms with Gasteiger partial charge in [0.1, 0.15) is 0 Å². The second kappa shape index (κ2) is 9.04. The largest absolute Gasteiger partial charge is 0.358 e. The van der Waals surface area contributed by atoms with Gasteiger partial charge in [0, 0.05) is 49.3 Å². The van der Waals surface area contributed by atoms with Crippen molar-refractivity contribution >= 4 is 22.7 Å². The predicted molar refractivity (Wildman–Crippen MR) is 108 cm³/mol. The molecule has 0 atom stereocenters. The van der Waals surface area contributed by atoms with Crippen molar-refractivity contribution in [2.75, 3.05) is 39.3 Å². The molecule has 0 bridgehead atoms. The van der Waals surface area contributed by atoms with Gasteiger partial charge in [-0.05, 0) is 25.0 Å². The highest BCUT2D eigenvalue weighted by molar-refractivity contribution is 5.90. The summed E-state index contributed by atoms with van der Waals surface area (Å²) < 4.78 is 0. The lowest BCUT2D eigenvalue weighted by atomic mass is 10.1. The van der Waals surface area contributed by atoms with Crippen LogP contribution in [0.3, 0.4) is 0 Å². The summed E-state index contributed by atoms with van der Waals surface area (Å²) in [6, 6.07) is 8.12. The van der Waals surface area contributed by atoms with Gasteiger partial charge in [-0.15, -0.1) is 0 Å². The van der Waals surface area contributed by atoms with Crippen LogP contribution in [0, 0.1) is 6.92 Å². The number of carbonyl (C=O) groups is 2. The van der Waals surface area contributed by atoms with Crippen molar-refractivity contribution < 1.29 is 9.59 Å². The van der Waals surface area contributed by atoms with Gasteiger partial charge in [0.15, 0.2) is 0 Å². The minimum absolute atomic E-state index is 0.0812. The number of unbranched alkanes of at least 4 members (excludes halogenated alkanes) is 1. The second-order valence-electron chi connectivity index (χ2n) is 7.31. The van der Waals surface area contributed by atoms with E-state index in [4.69, 9.17) is 0 Å². The van der Waals surface area contributed by atoms with Crippen LogP contribution in [0.4, 0.5) is 0 Å². The van der Waals surface area contributed by atoms with Crippen LogP contribution >= 0.6 is 0 Å². The first-order valence-corrected chi connectivity index (χ1v) is 9.91. The summed E-state index contributed by atoms with van der Waals surface area (Å²) in [5.74, 6) is 0.243. The summed E-state index contributed by atoms with van der Waals surface area (Å²) >= 11 is 0. The maximum Gasteiger partial charge on any atom is 0.234 e. The normalized spacial score (nSPS) is 15.3. The van der Waals surface area contributed by atoms with Gasteiger partial charge in [0.25, 0.3) is 0 Å². The van der Waals surface area contributed by atoms with Crippen molar-refractivity contribution in [3.63, 3.8) is 0 Å². The molecule has 0 radical (unpaired) electrons. The Morgan fingerprint density at radius 2 is 1.89 bits per heavy atom. The van der Waals surface area contributed by atoms with E-state index in [1.165, 1.54) is 0 Å². The fraction of sp³-hybridized carbons (Fsp3) is 0.524. The lowest BCUT2D eigenvalue weighted by molar-refractivity contribution is -0.132. The fourth-order valence-corrected chi connectivity index (χ4v) is 3.64. The van der Waals surface area contributed by atoms with Gasteiger partial charge in [0.05, 0.1) is 13.0 Å². The maximum absolute atomic E-state index is 12.8. The van der Waals surface area contributed by atoms with Crippen molar-refractivity contribution in [3.05, 3.63) is 35.5 Å². The van der Waals surface area contributed by atoms with Crippen molar-refractivity contribution in [2.24, 2.45) is 0 Å². The number of H-pyrrole nitrogens is 1. The van der Waals surface area contributed by atoms with Crippen LogP contribution < -0.4 is 5.32 Å². The lowest BCUT2D eigenvalue weighted by Gasteiger charge is -2.34. The summed E-state index contributed by atoms with van der Waals surface area (Å²) in [7, 11) is 0. The van der Waals surface area contributed by atoms with Crippen molar-refractivity contribution in [3.8, 4) is 0 Å². The zero-order valence-corrected chi connectivity index (χ0v) is 16.4. The molecule has 2 amide bonds. The third kappa shape index (κ3) is 4.89. The molecule has 2 aromatic rings. The Bertz CT molecular complexity index is 791. The molecule has 0 saturated carbocycles. The molecule has 1 aliphatic rings. The highest BCUT2D eigenvalue weighted by Gasteiger charge is 2.23. The van der Waals surface area contributed by atoms with Gasteiger partial charge in [-0.3, -0.25) is 14.5 Å². The summed E-state index contributed by atoms with van der Waals surface area (Å²) in [5, 5.41) is 4.08. The smallest absolute Gasteiger partial charge is 0.234 e. The maximum atomic E-state index is 12.8. The molecule has 2 N–H and O–H groups in total. The molecule has 146 valence electrons. The third-order valence-corrected chi connectivity index (χ3v) is 5.30. The third-order valence-electron chi connectivity index (χ3n) is 5.30. The van der Waals surface area contributed by atoms with E-state index in [1.54, 1.807) is 0 Å². The number of piperazine rings is 1. The first-order chi connectivity index (χ1) is 13.1. The number of carbonyl (C=O) groups excluding carboxylic acids is 2. The molecule has 0 spiro atoms. The van der Waals surface area contributed by atoms with E-state index in [9.17, 15) is 9.59 Å². The molecule has 0 aliphatic carbocycles. The molecule has 0 unspecified atom stereocenters. The zero-order chi connectivity index (χ0) is 19.2. The van der Waals surface area contributed by atoms with Crippen LogP contribution in [-0.4, -0.2) is 65.9 Å². The fourth-order valence-electron chi connectivity index (χ4n) is 3.64. The van der Waals surface area contributed by atoms with E-state index >= 15 is 0 Å². The molecule has 1 aromatic heterocycles. The average molecular weight is 370 g/mol. The number of benzene rings is 1. The standard InChI is InChI=1S/C21H30N4O2/c1-3-4-9-22-20(26)15-24-10-12-25(13-11-24)21(27)14-18-16(2)23-19-8-6-5-7-17(18)19/h5-8,23H,3-4,9-15H2,1-2H3,(H,22,26). The molecule has 6 heteroatoms. The van der Waals surface area contributed by atoms with Gasteiger partial charge in [0.2, 0.25) is 11.8 Å². The van der Waals surface area contributed by atoms with E-state index in [0.717, 1.165) is 54.6 Å². The Morgan fingerprint density at radius 1 is 1.15 bits per heavy atom. The minimum Gasteiger partial charge on any atom is -0.358 e. The summed E-state index contributed by atoms with van der Waals surface area (Å²) in [6.07, 6.45) is 2.52. The van der Waals surface area contributed by atoms with E-state index in [0.29, 0.717) is 26.1 Å². The highest BCUT2D eigenvalue weighted by Crippen LogP contribution is 2.23. The number of aryl methyl sites for hydroxylation is 1. The van der Waals surface area contributed by atoms with Crippen molar-refractivity contribution in [1.82, 2.24) is 20.1 Å². The molecule has 1 saturated heterocycles. The van der Waals surface area contributed by atoms with Crippen molar-refractivity contribution in [2.45, 2.75) is 33.1 Å².